The number of halogens is 2. The molecule has 0 aliphatic carbocycles. The summed E-state index contributed by atoms with van der Waals surface area (Å²) in [6.45, 7) is 1.83. The number of sulfonamides is 1. The zero-order chi connectivity index (χ0) is 20.9. The SMILES string of the molecule is O=C(NCCCc1ccc(Cl)c(Cl)c1)c1cccc(S(=O)(=O)N2CCOCC2)c1. The Morgan fingerprint density at radius 1 is 1.07 bits per heavy atom. The first-order valence-electron chi connectivity index (χ1n) is 9.28. The third kappa shape index (κ3) is 5.71. The van der Waals surface area contributed by atoms with Crippen molar-refractivity contribution >= 4 is 39.1 Å². The van der Waals surface area contributed by atoms with E-state index in [0.717, 1.165) is 18.4 Å². The van der Waals surface area contributed by atoms with E-state index in [0.29, 0.717) is 48.5 Å². The van der Waals surface area contributed by atoms with E-state index in [1.807, 2.05) is 12.1 Å². The second-order valence-corrected chi connectivity index (χ2v) is 9.40. The average molecular weight is 457 g/mol. The number of nitrogens with one attached hydrogen (secondary N) is 1. The number of nitrogens with zero attached hydrogens (tertiary/aromatic N) is 1. The molecule has 9 heteroatoms. The topological polar surface area (TPSA) is 75.7 Å². The van der Waals surface area contributed by atoms with Gasteiger partial charge in [-0.25, -0.2) is 8.42 Å². The smallest absolute Gasteiger partial charge is 0.251 e. The first-order valence-corrected chi connectivity index (χ1v) is 11.5. The number of hydrogen-bond donors (Lipinski definition) is 1. The summed E-state index contributed by atoms with van der Waals surface area (Å²) >= 11 is 11.9. The van der Waals surface area contributed by atoms with Gasteiger partial charge < -0.3 is 10.1 Å². The highest BCUT2D eigenvalue weighted by Gasteiger charge is 2.26. The minimum absolute atomic E-state index is 0.114. The monoisotopic (exact) mass is 456 g/mol. The predicted molar refractivity (Wildman–Crippen MR) is 113 cm³/mol. The number of hydrogen-bond acceptors (Lipinski definition) is 4. The molecule has 1 heterocycles. The van der Waals surface area contributed by atoms with Gasteiger partial charge in [0.05, 0.1) is 28.2 Å². The van der Waals surface area contributed by atoms with Crippen molar-refractivity contribution < 1.29 is 17.9 Å². The molecule has 29 heavy (non-hydrogen) atoms. The second kappa shape index (κ2) is 9.91. The first-order chi connectivity index (χ1) is 13.9. The molecule has 2 aromatic carbocycles. The van der Waals surface area contributed by atoms with E-state index in [4.69, 9.17) is 27.9 Å². The third-order valence-electron chi connectivity index (χ3n) is 4.62. The summed E-state index contributed by atoms with van der Waals surface area (Å²) in [4.78, 5) is 12.5. The number of carbonyl (C=O) groups is 1. The second-order valence-electron chi connectivity index (χ2n) is 6.65. The number of carbonyl (C=O) groups excluding carboxylic acids is 1. The van der Waals surface area contributed by atoms with E-state index >= 15 is 0 Å². The van der Waals surface area contributed by atoms with Gasteiger partial charge in [0.1, 0.15) is 0 Å². The molecule has 1 aliphatic rings. The van der Waals surface area contributed by atoms with Gasteiger partial charge in [-0.1, -0.05) is 35.3 Å². The van der Waals surface area contributed by atoms with Crippen LogP contribution in [-0.4, -0.2) is 51.5 Å². The normalized spacial score (nSPS) is 15.2. The Bertz CT molecular complexity index is 976. The summed E-state index contributed by atoms with van der Waals surface area (Å²) < 4.78 is 32.1. The van der Waals surface area contributed by atoms with Crippen molar-refractivity contribution in [3.05, 3.63) is 63.6 Å². The lowest BCUT2D eigenvalue weighted by Gasteiger charge is -2.26. The summed E-state index contributed by atoms with van der Waals surface area (Å²) in [5.74, 6) is -0.307. The highest BCUT2D eigenvalue weighted by Crippen LogP contribution is 2.23. The largest absolute Gasteiger partial charge is 0.379 e. The Morgan fingerprint density at radius 3 is 2.55 bits per heavy atom. The molecule has 1 N–H and O–H groups in total. The molecule has 0 spiro atoms. The van der Waals surface area contributed by atoms with Crippen molar-refractivity contribution in [2.24, 2.45) is 0 Å². The van der Waals surface area contributed by atoms with Gasteiger partial charge in [-0.2, -0.15) is 4.31 Å². The van der Waals surface area contributed by atoms with Gasteiger partial charge in [0.2, 0.25) is 10.0 Å². The van der Waals surface area contributed by atoms with Crippen molar-refractivity contribution in [2.75, 3.05) is 32.8 Å². The van der Waals surface area contributed by atoms with Crippen LogP contribution in [0.3, 0.4) is 0 Å². The highest BCUT2D eigenvalue weighted by molar-refractivity contribution is 7.89. The number of aryl methyl sites for hydroxylation is 1. The lowest BCUT2D eigenvalue weighted by atomic mass is 10.1. The van der Waals surface area contributed by atoms with E-state index in [1.165, 1.54) is 16.4 Å². The van der Waals surface area contributed by atoms with E-state index < -0.39 is 10.0 Å². The molecule has 1 amide bonds. The van der Waals surface area contributed by atoms with E-state index in [-0.39, 0.29) is 10.8 Å². The molecule has 0 unspecified atom stereocenters. The molecular formula is C20H22Cl2N2O4S. The Hall–Kier alpha value is -1.64. The van der Waals surface area contributed by atoms with Crippen LogP contribution in [0.5, 0.6) is 0 Å². The molecule has 2 aromatic rings. The fourth-order valence-electron chi connectivity index (χ4n) is 3.03. The summed E-state index contributed by atoms with van der Waals surface area (Å²) in [7, 11) is -3.64. The maximum absolute atomic E-state index is 12.7. The Labute approximate surface area is 180 Å². The summed E-state index contributed by atoms with van der Waals surface area (Å²) in [5.41, 5.74) is 1.35. The fraction of sp³-hybridized carbons (Fsp3) is 0.350. The molecule has 0 atom stereocenters. The Morgan fingerprint density at radius 2 is 1.83 bits per heavy atom. The summed E-state index contributed by atoms with van der Waals surface area (Å²) in [6.07, 6.45) is 1.46. The first kappa shape index (κ1) is 22.1. The highest BCUT2D eigenvalue weighted by atomic mass is 35.5. The van der Waals surface area contributed by atoms with E-state index in [9.17, 15) is 13.2 Å². The molecule has 6 nitrogen and oxygen atoms in total. The molecule has 0 bridgehead atoms. The third-order valence-corrected chi connectivity index (χ3v) is 7.25. The van der Waals surface area contributed by atoms with E-state index in [2.05, 4.69) is 5.32 Å². The Balaban J connectivity index is 1.57. The van der Waals surface area contributed by atoms with Crippen LogP contribution in [0.4, 0.5) is 0 Å². The minimum atomic E-state index is -3.64. The number of ether oxygens (including phenoxy) is 1. The molecular weight excluding hydrogens is 435 g/mol. The zero-order valence-electron chi connectivity index (χ0n) is 15.7. The van der Waals surface area contributed by atoms with E-state index in [1.54, 1.807) is 18.2 Å². The molecule has 0 aromatic heterocycles. The fourth-order valence-corrected chi connectivity index (χ4v) is 4.80. The van der Waals surface area contributed by atoms with Crippen LogP contribution >= 0.6 is 23.2 Å². The molecule has 156 valence electrons. The number of rotatable bonds is 7. The zero-order valence-corrected chi connectivity index (χ0v) is 18.1. The van der Waals surface area contributed by atoms with Crippen LogP contribution in [0.15, 0.2) is 47.4 Å². The van der Waals surface area contributed by atoms with Gasteiger partial charge in [-0.15, -0.1) is 0 Å². The summed E-state index contributed by atoms with van der Waals surface area (Å²) in [6, 6.07) is 11.6. The predicted octanol–water partition coefficient (Wildman–Crippen LogP) is 3.38. The van der Waals surface area contributed by atoms with Crippen LogP contribution < -0.4 is 5.32 Å². The number of benzene rings is 2. The standard InChI is InChI=1S/C20H22Cl2N2O4S/c21-18-7-6-15(13-19(18)22)3-2-8-23-20(25)16-4-1-5-17(14-16)29(26,27)24-9-11-28-12-10-24/h1,4-7,13-14H,2-3,8-12H2,(H,23,25). The molecule has 1 aliphatic heterocycles. The quantitative estimate of drug-likeness (QED) is 0.647. The Kier molecular flexibility index (Phi) is 7.54. The lowest BCUT2D eigenvalue weighted by Crippen LogP contribution is -2.40. The van der Waals surface area contributed by atoms with Crippen molar-refractivity contribution in [1.82, 2.24) is 9.62 Å². The van der Waals surface area contributed by atoms with Crippen LogP contribution in [0.1, 0.15) is 22.3 Å². The van der Waals surface area contributed by atoms with Gasteiger partial charge >= 0.3 is 0 Å². The van der Waals surface area contributed by atoms with Gasteiger partial charge in [-0.05, 0) is 48.7 Å². The number of morpholine rings is 1. The molecule has 3 rings (SSSR count). The van der Waals surface area contributed by atoms with Crippen LogP contribution in [0.2, 0.25) is 10.0 Å². The van der Waals surface area contributed by atoms with Crippen LogP contribution in [-0.2, 0) is 21.2 Å². The molecule has 0 saturated carbocycles. The molecule has 1 saturated heterocycles. The molecule has 1 fully saturated rings. The van der Waals surface area contributed by atoms with Crippen molar-refractivity contribution in [1.29, 1.82) is 0 Å². The number of amides is 1. The van der Waals surface area contributed by atoms with Crippen LogP contribution in [0, 0.1) is 0 Å². The molecule has 0 radical (unpaired) electrons. The minimum Gasteiger partial charge on any atom is -0.379 e. The van der Waals surface area contributed by atoms with Gasteiger partial charge in [-0.3, -0.25) is 4.79 Å². The van der Waals surface area contributed by atoms with Crippen LogP contribution in [0.25, 0.3) is 0 Å². The lowest BCUT2D eigenvalue weighted by molar-refractivity contribution is 0.0730. The van der Waals surface area contributed by atoms with Gasteiger partial charge in [0.15, 0.2) is 0 Å². The van der Waals surface area contributed by atoms with Gasteiger partial charge in [0.25, 0.3) is 5.91 Å². The van der Waals surface area contributed by atoms with Crippen molar-refractivity contribution in [3.63, 3.8) is 0 Å². The van der Waals surface area contributed by atoms with Crippen molar-refractivity contribution in [2.45, 2.75) is 17.7 Å². The maximum Gasteiger partial charge on any atom is 0.251 e. The van der Waals surface area contributed by atoms with Gasteiger partial charge in [0, 0.05) is 25.2 Å². The average Bonchev–Trinajstić information content (AvgIpc) is 2.74. The summed E-state index contributed by atoms with van der Waals surface area (Å²) in [5, 5.41) is 3.84. The van der Waals surface area contributed by atoms with Crippen molar-refractivity contribution in [3.8, 4) is 0 Å². The maximum atomic E-state index is 12.7.